The van der Waals surface area contributed by atoms with Crippen LogP contribution in [-0.2, 0) is 0 Å². The van der Waals surface area contributed by atoms with Crippen molar-refractivity contribution in [2.24, 2.45) is 17.8 Å². The zero-order valence-corrected chi connectivity index (χ0v) is 10.2. The lowest BCUT2D eigenvalue weighted by atomic mass is 9.89. The summed E-state index contributed by atoms with van der Waals surface area (Å²) in [6.07, 6.45) is 8.28. The first-order chi connectivity index (χ1) is 8.74. The third kappa shape index (κ3) is 2.05. The predicted molar refractivity (Wildman–Crippen MR) is 68.3 cm³/mol. The maximum atomic E-state index is 10.9. The molecule has 2 aliphatic carbocycles. The molecule has 2 aliphatic rings. The number of pyridine rings is 1. The van der Waals surface area contributed by atoms with Crippen molar-refractivity contribution in [2.45, 2.75) is 25.7 Å². The summed E-state index contributed by atoms with van der Waals surface area (Å²) in [5.74, 6) is 2.44. The molecule has 3 unspecified atom stereocenters. The summed E-state index contributed by atoms with van der Waals surface area (Å²) in [6.45, 7) is 0.853. The Morgan fingerprint density at radius 3 is 3.00 bits per heavy atom. The standard InChI is InChI=1S/C13H17N3O2/c17-16(18)13-8-14-4-3-12(13)15-7-11-6-9-1-2-10(11)5-9/h3-4,8-11H,1-2,5-7H2,(H,14,15). The van der Waals surface area contributed by atoms with Gasteiger partial charge in [0.15, 0.2) is 0 Å². The second-order valence-electron chi connectivity index (χ2n) is 5.47. The number of aromatic nitrogens is 1. The van der Waals surface area contributed by atoms with Crippen LogP contribution in [0.25, 0.3) is 0 Å². The van der Waals surface area contributed by atoms with Crippen molar-refractivity contribution < 1.29 is 4.92 Å². The first-order valence-electron chi connectivity index (χ1n) is 6.56. The number of nitrogens with zero attached hydrogens (tertiary/aromatic N) is 2. The van der Waals surface area contributed by atoms with Crippen LogP contribution in [0.5, 0.6) is 0 Å². The summed E-state index contributed by atoms with van der Waals surface area (Å²) in [4.78, 5) is 14.3. The summed E-state index contributed by atoms with van der Waals surface area (Å²) in [6, 6.07) is 1.69. The monoisotopic (exact) mass is 247 g/mol. The Morgan fingerprint density at radius 1 is 1.44 bits per heavy atom. The van der Waals surface area contributed by atoms with E-state index in [1.54, 1.807) is 12.3 Å². The molecule has 1 aromatic rings. The van der Waals surface area contributed by atoms with E-state index in [0.29, 0.717) is 11.6 Å². The highest BCUT2D eigenvalue weighted by Gasteiger charge is 2.39. The smallest absolute Gasteiger partial charge is 0.310 e. The molecule has 5 heteroatoms. The van der Waals surface area contributed by atoms with Gasteiger partial charge in [0.2, 0.25) is 0 Å². The molecule has 2 saturated carbocycles. The number of rotatable bonds is 4. The van der Waals surface area contributed by atoms with Crippen LogP contribution in [0, 0.1) is 27.9 Å². The number of anilines is 1. The van der Waals surface area contributed by atoms with Gasteiger partial charge in [0, 0.05) is 12.7 Å². The molecule has 1 N–H and O–H groups in total. The largest absolute Gasteiger partial charge is 0.379 e. The quantitative estimate of drug-likeness (QED) is 0.656. The minimum atomic E-state index is -0.379. The van der Waals surface area contributed by atoms with Crippen LogP contribution in [0.1, 0.15) is 25.7 Å². The Bertz CT molecular complexity index is 463. The molecule has 1 aromatic heterocycles. The number of hydrogen-bond acceptors (Lipinski definition) is 4. The van der Waals surface area contributed by atoms with Crippen LogP contribution in [0.3, 0.4) is 0 Å². The van der Waals surface area contributed by atoms with Crippen LogP contribution in [-0.4, -0.2) is 16.5 Å². The summed E-state index contributed by atoms with van der Waals surface area (Å²) < 4.78 is 0. The third-order valence-corrected chi connectivity index (χ3v) is 4.44. The lowest BCUT2D eigenvalue weighted by molar-refractivity contribution is -0.384. The molecule has 2 fully saturated rings. The van der Waals surface area contributed by atoms with Crippen LogP contribution >= 0.6 is 0 Å². The van der Waals surface area contributed by atoms with E-state index in [9.17, 15) is 10.1 Å². The van der Waals surface area contributed by atoms with E-state index in [1.807, 2.05) is 0 Å². The molecule has 0 saturated heterocycles. The van der Waals surface area contributed by atoms with Gasteiger partial charge in [0.25, 0.3) is 0 Å². The Hall–Kier alpha value is -1.65. The molecule has 0 radical (unpaired) electrons. The number of nitrogens with one attached hydrogen (secondary N) is 1. The fourth-order valence-corrected chi connectivity index (χ4v) is 3.55. The molecular weight excluding hydrogens is 230 g/mol. The van der Waals surface area contributed by atoms with E-state index in [1.165, 1.54) is 31.9 Å². The fraction of sp³-hybridized carbons (Fsp3) is 0.615. The minimum absolute atomic E-state index is 0.0701. The van der Waals surface area contributed by atoms with Gasteiger partial charge in [0.05, 0.1) is 4.92 Å². The molecule has 3 atom stereocenters. The Kier molecular flexibility index (Phi) is 2.89. The van der Waals surface area contributed by atoms with Crippen molar-refractivity contribution in [3.8, 4) is 0 Å². The molecule has 0 aliphatic heterocycles. The molecule has 18 heavy (non-hydrogen) atoms. The summed E-state index contributed by atoms with van der Waals surface area (Å²) in [7, 11) is 0. The van der Waals surface area contributed by atoms with Crippen molar-refractivity contribution in [3.63, 3.8) is 0 Å². The molecule has 96 valence electrons. The first kappa shape index (κ1) is 11.4. The minimum Gasteiger partial charge on any atom is -0.379 e. The Labute approximate surface area is 106 Å². The van der Waals surface area contributed by atoms with Gasteiger partial charge in [-0.15, -0.1) is 0 Å². The van der Waals surface area contributed by atoms with E-state index >= 15 is 0 Å². The summed E-state index contributed by atoms with van der Waals surface area (Å²) >= 11 is 0. The zero-order chi connectivity index (χ0) is 12.5. The van der Waals surface area contributed by atoms with Gasteiger partial charge >= 0.3 is 5.69 Å². The third-order valence-electron chi connectivity index (χ3n) is 4.44. The molecule has 0 aromatic carbocycles. The van der Waals surface area contributed by atoms with Gasteiger partial charge < -0.3 is 5.32 Å². The molecule has 0 amide bonds. The number of fused-ring (bicyclic) bond motifs is 2. The Balaban J connectivity index is 1.65. The van der Waals surface area contributed by atoms with Gasteiger partial charge in [-0.2, -0.15) is 0 Å². The average Bonchev–Trinajstić information content (AvgIpc) is 2.98. The normalized spacial score (nSPS) is 29.4. The van der Waals surface area contributed by atoms with E-state index in [4.69, 9.17) is 0 Å². The van der Waals surface area contributed by atoms with Gasteiger partial charge in [0.1, 0.15) is 11.9 Å². The molecule has 2 bridgehead atoms. The summed E-state index contributed by atoms with van der Waals surface area (Å²) in [5.41, 5.74) is 0.665. The maximum absolute atomic E-state index is 10.9. The van der Waals surface area contributed by atoms with Crippen LogP contribution in [0.15, 0.2) is 18.5 Å². The molecule has 3 rings (SSSR count). The van der Waals surface area contributed by atoms with Gasteiger partial charge in [-0.25, -0.2) is 0 Å². The SMILES string of the molecule is O=[N+]([O-])c1cnccc1NCC1CC2CCC1C2. The molecule has 5 nitrogen and oxygen atoms in total. The van der Waals surface area contributed by atoms with Gasteiger partial charge in [-0.05, 0) is 43.1 Å². The second kappa shape index (κ2) is 4.55. The highest BCUT2D eigenvalue weighted by Crippen LogP contribution is 2.48. The van der Waals surface area contributed by atoms with E-state index in [-0.39, 0.29) is 10.6 Å². The van der Waals surface area contributed by atoms with Crippen LogP contribution in [0.4, 0.5) is 11.4 Å². The van der Waals surface area contributed by atoms with E-state index in [0.717, 1.165) is 18.4 Å². The van der Waals surface area contributed by atoms with E-state index < -0.39 is 0 Å². The first-order valence-corrected chi connectivity index (χ1v) is 6.56. The highest BCUT2D eigenvalue weighted by atomic mass is 16.6. The lowest BCUT2D eigenvalue weighted by Crippen LogP contribution is -2.20. The van der Waals surface area contributed by atoms with Crippen molar-refractivity contribution in [3.05, 3.63) is 28.6 Å². The van der Waals surface area contributed by atoms with Gasteiger partial charge in [-0.3, -0.25) is 15.1 Å². The van der Waals surface area contributed by atoms with Crippen LogP contribution < -0.4 is 5.32 Å². The number of hydrogen-bond donors (Lipinski definition) is 1. The predicted octanol–water partition coefficient (Wildman–Crippen LogP) is 2.84. The average molecular weight is 247 g/mol. The fourth-order valence-electron chi connectivity index (χ4n) is 3.55. The lowest BCUT2D eigenvalue weighted by Gasteiger charge is -2.22. The second-order valence-corrected chi connectivity index (χ2v) is 5.47. The van der Waals surface area contributed by atoms with E-state index in [2.05, 4.69) is 10.3 Å². The van der Waals surface area contributed by atoms with Gasteiger partial charge in [-0.1, -0.05) is 6.42 Å². The number of nitro groups is 1. The zero-order valence-electron chi connectivity index (χ0n) is 10.2. The topological polar surface area (TPSA) is 68.1 Å². The van der Waals surface area contributed by atoms with Crippen molar-refractivity contribution in [1.82, 2.24) is 4.98 Å². The van der Waals surface area contributed by atoms with Crippen LogP contribution in [0.2, 0.25) is 0 Å². The van der Waals surface area contributed by atoms with Crippen molar-refractivity contribution >= 4 is 11.4 Å². The highest BCUT2D eigenvalue weighted by molar-refractivity contribution is 5.59. The summed E-state index contributed by atoms with van der Waals surface area (Å²) in [5, 5.41) is 14.1. The Morgan fingerprint density at radius 2 is 2.33 bits per heavy atom. The molecular formula is C13H17N3O2. The van der Waals surface area contributed by atoms with Crippen molar-refractivity contribution in [2.75, 3.05) is 11.9 Å². The molecule has 1 heterocycles. The maximum Gasteiger partial charge on any atom is 0.310 e. The van der Waals surface area contributed by atoms with Crippen molar-refractivity contribution in [1.29, 1.82) is 0 Å². The molecule has 0 spiro atoms.